The molecule has 2 rings (SSSR count). The van der Waals surface area contributed by atoms with Crippen molar-refractivity contribution in [2.45, 2.75) is 12.6 Å². The average molecular weight is 304 g/mol. The van der Waals surface area contributed by atoms with E-state index in [1.165, 1.54) is 11.3 Å². The number of nitrogen functional groups attached to an aromatic ring is 1. The van der Waals surface area contributed by atoms with Crippen molar-refractivity contribution in [1.82, 2.24) is 15.0 Å². The lowest BCUT2D eigenvalue weighted by Gasteiger charge is -2.11. The quantitative estimate of drug-likeness (QED) is 0.577. The summed E-state index contributed by atoms with van der Waals surface area (Å²) in [5.41, 5.74) is 0.953. The molecule has 0 aliphatic rings. The third-order valence-corrected chi connectivity index (χ3v) is 3.11. The molecule has 0 amide bonds. The summed E-state index contributed by atoms with van der Waals surface area (Å²) in [6, 6.07) is 0.836. The van der Waals surface area contributed by atoms with E-state index < -0.39 is 11.9 Å². The molecule has 0 saturated heterocycles. The van der Waals surface area contributed by atoms with E-state index in [2.05, 4.69) is 20.3 Å². The minimum Gasteiger partial charge on any atom is -0.369 e. The molecule has 0 fully saturated rings. The number of hydrazine groups is 1. The van der Waals surface area contributed by atoms with E-state index in [1.54, 1.807) is 6.20 Å². The van der Waals surface area contributed by atoms with E-state index in [-0.39, 0.29) is 11.8 Å². The molecule has 0 aliphatic heterocycles. The van der Waals surface area contributed by atoms with Gasteiger partial charge in [-0.05, 0) is 0 Å². The van der Waals surface area contributed by atoms with E-state index >= 15 is 0 Å². The molecule has 0 bridgehead atoms. The van der Waals surface area contributed by atoms with Gasteiger partial charge in [0.2, 0.25) is 5.95 Å². The molecule has 20 heavy (non-hydrogen) atoms. The zero-order chi connectivity index (χ0) is 14.6. The van der Waals surface area contributed by atoms with Crippen LogP contribution in [0.2, 0.25) is 0 Å². The molecule has 0 aromatic carbocycles. The van der Waals surface area contributed by atoms with Crippen LogP contribution in [0.5, 0.6) is 0 Å². The van der Waals surface area contributed by atoms with Crippen LogP contribution >= 0.6 is 11.3 Å². The van der Waals surface area contributed by atoms with Gasteiger partial charge in [0.25, 0.3) is 0 Å². The molecule has 0 unspecified atom stereocenters. The van der Waals surface area contributed by atoms with Crippen LogP contribution in [-0.2, 0) is 12.6 Å². The average Bonchev–Trinajstić information content (AvgIpc) is 2.90. The van der Waals surface area contributed by atoms with Crippen LogP contribution < -0.4 is 16.6 Å². The molecular weight excluding hydrogens is 293 g/mol. The summed E-state index contributed by atoms with van der Waals surface area (Å²) in [5, 5.41) is 5.51. The van der Waals surface area contributed by atoms with Crippen molar-refractivity contribution >= 4 is 23.1 Å². The normalized spacial score (nSPS) is 11.4. The van der Waals surface area contributed by atoms with E-state index in [4.69, 9.17) is 5.84 Å². The summed E-state index contributed by atoms with van der Waals surface area (Å²) in [6.45, 7) is 0.409. The van der Waals surface area contributed by atoms with Gasteiger partial charge in [-0.25, -0.2) is 15.8 Å². The number of halogens is 3. The van der Waals surface area contributed by atoms with Crippen molar-refractivity contribution in [2.75, 3.05) is 17.3 Å². The van der Waals surface area contributed by atoms with Crippen LogP contribution in [-0.4, -0.2) is 21.5 Å². The van der Waals surface area contributed by atoms with Gasteiger partial charge in [-0.2, -0.15) is 18.2 Å². The molecule has 0 radical (unpaired) electrons. The van der Waals surface area contributed by atoms with Crippen LogP contribution in [0.4, 0.5) is 24.9 Å². The molecule has 2 aromatic rings. The number of thiazole rings is 1. The lowest BCUT2D eigenvalue weighted by atomic mass is 10.3. The smallest absolute Gasteiger partial charge is 0.369 e. The summed E-state index contributed by atoms with van der Waals surface area (Å²) in [7, 11) is 0. The number of aromatic nitrogens is 3. The van der Waals surface area contributed by atoms with E-state index in [9.17, 15) is 13.2 Å². The minimum absolute atomic E-state index is 0.0526. The zero-order valence-corrected chi connectivity index (χ0v) is 10.9. The van der Waals surface area contributed by atoms with Crippen LogP contribution in [0, 0.1) is 0 Å². The zero-order valence-electron chi connectivity index (χ0n) is 10.1. The molecule has 108 valence electrons. The molecule has 0 aliphatic carbocycles. The number of hydrogen-bond acceptors (Lipinski definition) is 7. The summed E-state index contributed by atoms with van der Waals surface area (Å²) in [5.74, 6) is 4.82. The van der Waals surface area contributed by atoms with Gasteiger partial charge in [-0.3, -0.25) is 5.43 Å². The first-order valence-corrected chi connectivity index (χ1v) is 6.42. The Morgan fingerprint density at radius 3 is 2.70 bits per heavy atom. The van der Waals surface area contributed by atoms with Crippen molar-refractivity contribution in [1.29, 1.82) is 0 Å². The van der Waals surface area contributed by atoms with Crippen LogP contribution in [0.3, 0.4) is 0 Å². The molecule has 2 heterocycles. The Bertz CT molecular complexity index is 557. The Morgan fingerprint density at radius 1 is 1.30 bits per heavy atom. The van der Waals surface area contributed by atoms with Gasteiger partial charge in [0, 0.05) is 30.6 Å². The topological polar surface area (TPSA) is 88.8 Å². The molecule has 0 spiro atoms. The highest BCUT2D eigenvalue weighted by Crippen LogP contribution is 2.29. The molecule has 6 nitrogen and oxygen atoms in total. The first-order valence-electron chi connectivity index (χ1n) is 5.54. The summed E-state index contributed by atoms with van der Waals surface area (Å²) in [6.07, 6.45) is -2.29. The maximum Gasteiger partial charge on any atom is 0.433 e. The summed E-state index contributed by atoms with van der Waals surface area (Å²) >= 11 is 1.48. The van der Waals surface area contributed by atoms with Crippen molar-refractivity contribution in [3.05, 3.63) is 28.3 Å². The largest absolute Gasteiger partial charge is 0.433 e. The highest BCUT2D eigenvalue weighted by molar-refractivity contribution is 7.09. The molecule has 0 saturated carbocycles. The Hall–Kier alpha value is -1.94. The van der Waals surface area contributed by atoms with Crippen molar-refractivity contribution in [3.8, 4) is 0 Å². The maximum absolute atomic E-state index is 12.6. The maximum atomic E-state index is 12.6. The fourth-order valence-electron chi connectivity index (χ4n) is 1.42. The molecule has 0 atom stereocenters. The van der Waals surface area contributed by atoms with Gasteiger partial charge in [0.15, 0.2) is 5.69 Å². The van der Waals surface area contributed by atoms with Crippen LogP contribution in [0.1, 0.15) is 10.7 Å². The monoisotopic (exact) mass is 304 g/mol. The SMILES string of the molecule is NNc1nc(NCCc2nccs2)cc(C(F)(F)F)n1. The molecule has 4 N–H and O–H groups in total. The molecule has 2 aromatic heterocycles. The van der Waals surface area contributed by atoms with E-state index in [0.29, 0.717) is 13.0 Å². The lowest BCUT2D eigenvalue weighted by molar-refractivity contribution is -0.141. The fourth-order valence-corrected chi connectivity index (χ4v) is 2.04. The summed E-state index contributed by atoms with van der Waals surface area (Å²) in [4.78, 5) is 11.1. The Labute approximate surface area is 116 Å². The van der Waals surface area contributed by atoms with Gasteiger partial charge >= 0.3 is 6.18 Å². The lowest BCUT2D eigenvalue weighted by Crippen LogP contribution is -2.17. The predicted molar refractivity (Wildman–Crippen MR) is 69.2 cm³/mol. The fraction of sp³-hybridized carbons (Fsp3) is 0.300. The van der Waals surface area contributed by atoms with Gasteiger partial charge in [-0.15, -0.1) is 11.3 Å². The van der Waals surface area contributed by atoms with Gasteiger partial charge in [0.1, 0.15) is 5.82 Å². The number of anilines is 2. The van der Waals surface area contributed by atoms with Crippen LogP contribution in [0.15, 0.2) is 17.6 Å². The summed E-state index contributed by atoms with van der Waals surface area (Å²) < 4.78 is 37.9. The second kappa shape index (κ2) is 6.01. The number of hydrogen-bond donors (Lipinski definition) is 3. The van der Waals surface area contributed by atoms with Crippen molar-refractivity contribution in [2.24, 2.45) is 5.84 Å². The van der Waals surface area contributed by atoms with E-state index in [1.807, 2.05) is 10.8 Å². The number of nitrogens with zero attached hydrogens (tertiary/aromatic N) is 3. The van der Waals surface area contributed by atoms with Gasteiger partial charge in [-0.1, -0.05) is 0 Å². The van der Waals surface area contributed by atoms with Gasteiger partial charge in [0.05, 0.1) is 5.01 Å². The standard InChI is InChI=1S/C10H11F3N6S/c11-10(12,13)6-5-7(18-9(17-6)19-14)15-2-1-8-16-3-4-20-8/h3-5H,1-2,14H2,(H2,15,17,18,19). The van der Waals surface area contributed by atoms with Crippen molar-refractivity contribution < 1.29 is 13.2 Å². The molecule has 10 heteroatoms. The Morgan fingerprint density at radius 2 is 2.10 bits per heavy atom. The van der Waals surface area contributed by atoms with E-state index in [0.717, 1.165) is 11.1 Å². The second-order valence-electron chi connectivity index (χ2n) is 3.71. The number of nitrogens with one attached hydrogen (secondary N) is 2. The van der Waals surface area contributed by atoms with Crippen molar-refractivity contribution in [3.63, 3.8) is 0 Å². The highest BCUT2D eigenvalue weighted by atomic mass is 32.1. The third-order valence-electron chi connectivity index (χ3n) is 2.27. The Balaban J connectivity index is 2.06. The Kier molecular flexibility index (Phi) is 4.35. The van der Waals surface area contributed by atoms with Crippen LogP contribution in [0.25, 0.3) is 0 Å². The number of alkyl halides is 3. The highest BCUT2D eigenvalue weighted by Gasteiger charge is 2.33. The minimum atomic E-state index is -4.56. The predicted octanol–water partition coefficient (Wildman–Crippen LogP) is 1.89. The number of nitrogens with two attached hydrogens (primary N) is 1. The number of rotatable bonds is 5. The first-order chi connectivity index (χ1) is 9.49. The second-order valence-corrected chi connectivity index (χ2v) is 4.69. The molecular formula is C10H11F3N6S. The third kappa shape index (κ3) is 3.78. The van der Waals surface area contributed by atoms with Gasteiger partial charge < -0.3 is 5.32 Å². The first kappa shape index (κ1) is 14.5.